The molecule has 3 nitrogen and oxygen atoms in total. The van der Waals surface area contributed by atoms with Gasteiger partial charge in [-0.15, -0.1) is 11.8 Å². The van der Waals surface area contributed by atoms with Crippen molar-refractivity contribution < 1.29 is 0 Å². The largest absolute Gasteiger partial charge is 0.309 e. The second kappa shape index (κ2) is 6.14. The quantitative estimate of drug-likeness (QED) is 0.808. The zero-order valence-electron chi connectivity index (χ0n) is 12.1. The van der Waals surface area contributed by atoms with E-state index in [1.807, 2.05) is 23.5 Å². The molecular formula is C15H22N2OS2. The van der Waals surface area contributed by atoms with Crippen LogP contribution in [0.1, 0.15) is 55.4 Å². The van der Waals surface area contributed by atoms with Gasteiger partial charge in [-0.05, 0) is 25.7 Å². The lowest BCUT2D eigenvalue weighted by atomic mass is 10.1. The smallest absolute Gasteiger partial charge is 0.254 e. The third-order valence-electron chi connectivity index (χ3n) is 4.32. The van der Waals surface area contributed by atoms with Crippen molar-refractivity contribution in [3.05, 3.63) is 27.4 Å². The average Bonchev–Trinajstić information content (AvgIpc) is 2.67. The predicted octanol–water partition coefficient (Wildman–Crippen LogP) is 3.34. The molecule has 2 aliphatic rings. The van der Waals surface area contributed by atoms with Crippen LogP contribution in [0.3, 0.4) is 0 Å². The molecule has 1 N–H and O–H groups in total. The first kappa shape index (κ1) is 14.5. The minimum Gasteiger partial charge on any atom is -0.309 e. The summed E-state index contributed by atoms with van der Waals surface area (Å²) in [4.78, 5) is 20.2. The fraction of sp³-hybridized carbons (Fsp3) is 0.733. The number of fused-ring (bicyclic) bond motifs is 1. The first-order valence-electron chi connectivity index (χ1n) is 7.54. The Bertz CT molecular complexity index is 543. The molecule has 1 aliphatic carbocycles. The maximum Gasteiger partial charge on any atom is 0.254 e. The highest BCUT2D eigenvalue weighted by atomic mass is 32.2. The van der Waals surface area contributed by atoms with E-state index in [9.17, 15) is 4.79 Å². The van der Waals surface area contributed by atoms with Gasteiger partial charge in [-0.1, -0.05) is 20.3 Å². The van der Waals surface area contributed by atoms with E-state index in [4.69, 9.17) is 4.98 Å². The van der Waals surface area contributed by atoms with E-state index in [-0.39, 0.29) is 5.56 Å². The molecule has 1 fully saturated rings. The lowest BCUT2D eigenvalue weighted by Crippen LogP contribution is -2.26. The van der Waals surface area contributed by atoms with Crippen LogP contribution in [0.15, 0.2) is 4.79 Å². The average molecular weight is 310 g/mol. The zero-order chi connectivity index (χ0) is 14.1. The SMILES string of the molecule is CC1SCC(c2nc3c(c(=O)[nH]2)CCCCC3)SC1C. The van der Waals surface area contributed by atoms with Crippen molar-refractivity contribution in [2.75, 3.05) is 5.75 Å². The zero-order valence-corrected chi connectivity index (χ0v) is 13.8. The highest BCUT2D eigenvalue weighted by Gasteiger charge is 2.29. The van der Waals surface area contributed by atoms with Crippen molar-refractivity contribution in [2.45, 2.75) is 61.7 Å². The number of aromatic amines is 1. The Kier molecular flexibility index (Phi) is 4.46. The fourth-order valence-corrected chi connectivity index (χ4v) is 5.74. The molecule has 110 valence electrons. The normalized spacial score (nSPS) is 30.6. The standard InChI is InChI=1S/C15H22N2OS2/c1-9-10(2)20-13(8-19-9)14-16-12-7-5-3-4-6-11(12)15(18)17-14/h9-10,13H,3-8H2,1-2H3,(H,16,17,18). The van der Waals surface area contributed by atoms with Crippen LogP contribution in [0.2, 0.25) is 0 Å². The van der Waals surface area contributed by atoms with Gasteiger partial charge in [0.25, 0.3) is 5.56 Å². The first-order valence-corrected chi connectivity index (χ1v) is 9.53. The maximum absolute atomic E-state index is 12.3. The highest BCUT2D eigenvalue weighted by molar-refractivity contribution is 8.07. The molecule has 3 unspecified atom stereocenters. The molecule has 20 heavy (non-hydrogen) atoms. The molecule has 0 spiro atoms. The minimum atomic E-state index is 0.115. The van der Waals surface area contributed by atoms with E-state index < -0.39 is 0 Å². The summed E-state index contributed by atoms with van der Waals surface area (Å²) in [5.41, 5.74) is 2.13. The number of H-pyrrole nitrogens is 1. The molecule has 0 radical (unpaired) electrons. The van der Waals surface area contributed by atoms with Crippen LogP contribution in [0.5, 0.6) is 0 Å². The molecular weight excluding hydrogens is 288 g/mol. The molecule has 1 aromatic rings. The van der Waals surface area contributed by atoms with E-state index in [2.05, 4.69) is 18.8 Å². The van der Waals surface area contributed by atoms with Crippen LogP contribution in [-0.2, 0) is 12.8 Å². The number of hydrogen-bond donors (Lipinski definition) is 1. The third-order valence-corrected chi connectivity index (χ3v) is 7.71. The number of nitrogens with one attached hydrogen (secondary N) is 1. The van der Waals surface area contributed by atoms with Gasteiger partial charge in [0.15, 0.2) is 0 Å². The molecule has 0 saturated carbocycles. The van der Waals surface area contributed by atoms with Gasteiger partial charge in [0.1, 0.15) is 5.82 Å². The molecule has 0 aromatic carbocycles. The lowest BCUT2D eigenvalue weighted by Gasteiger charge is -2.30. The number of aryl methyl sites for hydroxylation is 1. The summed E-state index contributed by atoms with van der Waals surface area (Å²) >= 11 is 3.95. The third kappa shape index (κ3) is 2.93. The molecule has 0 amide bonds. The van der Waals surface area contributed by atoms with Crippen molar-refractivity contribution in [1.82, 2.24) is 9.97 Å². The number of nitrogens with zero attached hydrogens (tertiary/aromatic N) is 1. The molecule has 1 aliphatic heterocycles. The summed E-state index contributed by atoms with van der Waals surface area (Å²) in [6.45, 7) is 4.56. The van der Waals surface area contributed by atoms with E-state index in [0.29, 0.717) is 15.7 Å². The Morgan fingerprint density at radius 3 is 2.75 bits per heavy atom. The molecule has 3 atom stereocenters. The van der Waals surface area contributed by atoms with Gasteiger partial charge in [-0.3, -0.25) is 4.79 Å². The van der Waals surface area contributed by atoms with Crippen molar-refractivity contribution >= 4 is 23.5 Å². The molecule has 5 heteroatoms. The summed E-state index contributed by atoms with van der Waals surface area (Å²) in [6, 6.07) is 0. The fourth-order valence-electron chi connectivity index (χ4n) is 2.88. The van der Waals surface area contributed by atoms with Crippen molar-refractivity contribution in [3.63, 3.8) is 0 Å². The number of aromatic nitrogens is 2. The Hall–Kier alpha value is -0.420. The summed E-state index contributed by atoms with van der Waals surface area (Å²) in [7, 11) is 0. The van der Waals surface area contributed by atoms with Crippen LogP contribution in [0.25, 0.3) is 0 Å². The summed E-state index contributed by atoms with van der Waals surface area (Å²) in [5.74, 6) is 1.96. The highest BCUT2D eigenvalue weighted by Crippen LogP contribution is 2.43. The van der Waals surface area contributed by atoms with Crippen LogP contribution < -0.4 is 5.56 Å². The van der Waals surface area contributed by atoms with Crippen LogP contribution in [0, 0.1) is 0 Å². The second-order valence-corrected chi connectivity index (χ2v) is 8.80. The number of thioether (sulfide) groups is 2. The van der Waals surface area contributed by atoms with E-state index in [1.165, 1.54) is 12.8 Å². The molecule has 0 bridgehead atoms. The topological polar surface area (TPSA) is 45.8 Å². The number of rotatable bonds is 1. The lowest BCUT2D eigenvalue weighted by molar-refractivity contribution is 0.707. The van der Waals surface area contributed by atoms with E-state index in [0.717, 1.165) is 42.1 Å². The van der Waals surface area contributed by atoms with Crippen LogP contribution in [-0.4, -0.2) is 26.2 Å². The Labute approximate surface area is 128 Å². The van der Waals surface area contributed by atoms with Gasteiger partial charge >= 0.3 is 0 Å². The Balaban J connectivity index is 1.89. The molecule has 1 aromatic heterocycles. The summed E-state index contributed by atoms with van der Waals surface area (Å²) in [5, 5.41) is 1.64. The van der Waals surface area contributed by atoms with Crippen LogP contribution in [0.4, 0.5) is 0 Å². The van der Waals surface area contributed by atoms with Crippen molar-refractivity contribution in [3.8, 4) is 0 Å². The van der Waals surface area contributed by atoms with Gasteiger partial charge < -0.3 is 4.98 Å². The van der Waals surface area contributed by atoms with Crippen molar-refractivity contribution in [2.24, 2.45) is 0 Å². The minimum absolute atomic E-state index is 0.115. The first-order chi connectivity index (χ1) is 9.65. The maximum atomic E-state index is 12.3. The van der Waals surface area contributed by atoms with Gasteiger partial charge in [0, 0.05) is 21.8 Å². The Morgan fingerprint density at radius 2 is 1.95 bits per heavy atom. The van der Waals surface area contributed by atoms with Gasteiger partial charge in [-0.25, -0.2) is 4.98 Å². The van der Waals surface area contributed by atoms with Crippen LogP contribution >= 0.6 is 23.5 Å². The van der Waals surface area contributed by atoms with Crippen molar-refractivity contribution in [1.29, 1.82) is 0 Å². The van der Waals surface area contributed by atoms with Gasteiger partial charge in [0.2, 0.25) is 0 Å². The summed E-state index contributed by atoms with van der Waals surface area (Å²) in [6.07, 6.45) is 5.39. The molecule has 2 heterocycles. The van der Waals surface area contributed by atoms with Gasteiger partial charge in [-0.2, -0.15) is 11.8 Å². The molecule has 3 rings (SSSR count). The van der Waals surface area contributed by atoms with Gasteiger partial charge in [0.05, 0.1) is 10.9 Å². The second-order valence-electron chi connectivity index (χ2n) is 5.81. The molecule has 1 saturated heterocycles. The number of hydrogen-bond acceptors (Lipinski definition) is 4. The van der Waals surface area contributed by atoms with E-state index in [1.54, 1.807) is 0 Å². The monoisotopic (exact) mass is 310 g/mol. The van der Waals surface area contributed by atoms with E-state index >= 15 is 0 Å². The predicted molar refractivity (Wildman–Crippen MR) is 87.8 cm³/mol. The summed E-state index contributed by atoms with van der Waals surface area (Å²) < 4.78 is 0. The Morgan fingerprint density at radius 1 is 1.15 bits per heavy atom.